The second-order valence-electron chi connectivity index (χ2n) is 8.52. The first-order valence-electron chi connectivity index (χ1n) is 10.9. The number of fused-ring (bicyclic) bond motifs is 2. The average molecular weight is 464 g/mol. The van der Waals surface area contributed by atoms with Crippen molar-refractivity contribution in [1.29, 1.82) is 0 Å². The summed E-state index contributed by atoms with van der Waals surface area (Å²) in [7, 11) is -3.71. The monoisotopic (exact) mass is 463 g/mol. The van der Waals surface area contributed by atoms with E-state index < -0.39 is 15.6 Å². The van der Waals surface area contributed by atoms with Crippen molar-refractivity contribution in [2.75, 3.05) is 19.7 Å². The highest BCUT2D eigenvalue weighted by molar-refractivity contribution is 7.89. The fourth-order valence-electron chi connectivity index (χ4n) is 4.83. The third kappa shape index (κ3) is 3.69. The topological polar surface area (TPSA) is 79.8 Å². The Bertz CT molecular complexity index is 1300. The lowest BCUT2D eigenvalue weighted by Gasteiger charge is -2.34. The van der Waals surface area contributed by atoms with Crippen molar-refractivity contribution in [3.8, 4) is 5.75 Å². The Morgan fingerprint density at radius 3 is 2.67 bits per heavy atom. The molecule has 1 spiro atoms. The maximum atomic E-state index is 13.6. The van der Waals surface area contributed by atoms with E-state index in [-0.39, 0.29) is 19.1 Å². The quantitative estimate of drug-likeness (QED) is 0.581. The number of para-hydroxylation sites is 1. The molecule has 2 aliphatic heterocycles. The zero-order valence-corrected chi connectivity index (χ0v) is 19.2. The molecule has 3 heterocycles. The number of rotatable bonds is 5. The van der Waals surface area contributed by atoms with Crippen LogP contribution in [-0.4, -0.2) is 48.2 Å². The number of aryl methyl sites for hydroxylation is 1. The number of carbonyl (C=O) groups is 1. The van der Waals surface area contributed by atoms with Gasteiger partial charge in [-0.2, -0.15) is 4.31 Å². The van der Waals surface area contributed by atoms with Gasteiger partial charge >= 0.3 is 0 Å². The second-order valence-corrected chi connectivity index (χ2v) is 10.4. The highest BCUT2D eigenvalue weighted by atomic mass is 32.2. The summed E-state index contributed by atoms with van der Waals surface area (Å²) in [5.74, 6) is 0.519. The van der Waals surface area contributed by atoms with Gasteiger partial charge in [-0.15, -0.1) is 0 Å². The molecular formula is C25H25N3O4S. The Balaban J connectivity index is 1.43. The van der Waals surface area contributed by atoms with Crippen molar-refractivity contribution in [2.24, 2.45) is 0 Å². The van der Waals surface area contributed by atoms with Gasteiger partial charge in [0.05, 0.1) is 10.4 Å². The third-order valence-electron chi connectivity index (χ3n) is 6.53. The molecule has 1 fully saturated rings. The number of carbonyl (C=O) groups excluding carboxylic acids is 1. The normalized spacial score (nSPS) is 21.3. The van der Waals surface area contributed by atoms with Crippen LogP contribution >= 0.6 is 0 Å². The number of amides is 1. The molecule has 1 amide bonds. The van der Waals surface area contributed by atoms with Crippen molar-refractivity contribution in [3.05, 3.63) is 89.7 Å². The van der Waals surface area contributed by atoms with E-state index in [0.717, 1.165) is 16.7 Å². The fraction of sp³-hybridized carbons (Fsp3) is 0.280. The third-order valence-corrected chi connectivity index (χ3v) is 8.50. The van der Waals surface area contributed by atoms with E-state index in [1.54, 1.807) is 39.8 Å². The summed E-state index contributed by atoms with van der Waals surface area (Å²) in [6.45, 7) is 2.80. The van der Waals surface area contributed by atoms with Crippen molar-refractivity contribution in [3.63, 3.8) is 0 Å². The average Bonchev–Trinajstić information content (AvgIpc) is 3.35. The number of ether oxygens (including phenoxy) is 1. The minimum Gasteiger partial charge on any atom is -0.484 e. The van der Waals surface area contributed by atoms with Crippen molar-refractivity contribution in [1.82, 2.24) is 14.2 Å². The van der Waals surface area contributed by atoms with Crippen LogP contribution in [0.1, 0.15) is 23.1 Å². The Hall–Kier alpha value is -3.23. The number of likely N-dealkylation sites (tertiary alicyclic amines) is 1. The van der Waals surface area contributed by atoms with Gasteiger partial charge in [0.25, 0.3) is 5.91 Å². The summed E-state index contributed by atoms with van der Waals surface area (Å²) in [5.41, 5.74) is 1.72. The Morgan fingerprint density at radius 2 is 1.88 bits per heavy atom. The van der Waals surface area contributed by atoms with E-state index in [0.29, 0.717) is 30.2 Å². The summed E-state index contributed by atoms with van der Waals surface area (Å²) in [6, 6.07) is 18.3. The summed E-state index contributed by atoms with van der Waals surface area (Å²) in [5, 5.41) is 0. The van der Waals surface area contributed by atoms with Gasteiger partial charge in [0.1, 0.15) is 5.75 Å². The number of hydrogen-bond acceptors (Lipinski definition) is 5. The molecule has 2 aromatic carbocycles. The number of benzene rings is 2. The van der Waals surface area contributed by atoms with Crippen LogP contribution in [0.2, 0.25) is 0 Å². The molecule has 3 aromatic rings. The van der Waals surface area contributed by atoms with Crippen LogP contribution in [0.5, 0.6) is 5.75 Å². The lowest BCUT2D eigenvalue weighted by Crippen LogP contribution is -2.46. The molecule has 0 bridgehead atoms. The molecule has 1 atom stereocenters. The van der Waals surface area contributed by atoms with E-state index in [4.69, 9.17) is 4.74 Å². The molecule has 1 unspecified atom stereocenters. The molecule has 7 nitrogen and oxygen atoms in total. The molecule has 0 aliphatic carbocycles. The van der Waals surface area contributed by atoms with Crippen LogP contribution in [0.4, 0.5) is 0 Å². The summed E-state index contributed by atoms with van der Waals surface area (Å²) in [4.78, 5) is 19.2. The maximum Gasteiger partial charge on any atom is 0.260 e. The Labute approximate surface area is 193 Å². The highest BCUT2D eigenvalue weighted by Crippen LogP contribution is 2.50. The molecule has 5 rings (SSSR count). The van der Waals surface area contributed by atoms with Crippen LogP contribution in [-0.2, 0) is 26.9 Å². The van der Waals surface area contributed by atoms with Gasteiger partial charge in [0.15, 0.2) is 6.61 Å². The van der Waals surface area contributed by atoms with Gasteiger partial charge in [-0.1, -0.05) is 42.5 Å². The Morgan fingerprint density at radius 1 is 1.09 bits per heavy atom. The predicted molar refractivity (Wildman–Crippen MR) is 123 cm³/mol. The van der Waals surface area contributed by atoms with E-state index in [2.05, 4.69) is 4.98 Å². The number of pyridine rings is 1. The summed E-state index contributed by atoms with van der Waals surface area (Å²) < 4.78 is 34.4. The van der Waals surface area contributed by atoms with Crippen LogP contribution in [0.3, 0.4) is 0 Å². The van der Waals surface area contributed by atoms with Crippen LogP contribution in [0.15, 0.2) is 78.0 Å². The number of hydrogen-bond donors (Lipinski definition) is 0. The molecule has 1 aromatic heterocycles. The smallest absolute Gasteiger partial charge is 0.260 e. The molecule has 1 saturated heterocycles. The van der Waals surface area contributed by atoms with Crippen molar-refractivity contribution >= 4 is 15.9 Å². The molecule has 0 radical (unpaired) electrons. The maximum absolute atomic E-state index is 13.6. The van der Waals surface area contributed by atoms with Crippen molar-refractivity contribution in [2.45, 2.75) is 30.3 Å². The molecule has 0 saturated carbocycles. The zero-order chi connectivity index (χ0) is 23.1. The summed E-state index contributed by atoms with van der Waals surface area (Å²) >= 11 is 0. The minimum absolute atomic E-state index is 0.0854. The van der Waals surface area contributed by atoms with E-state index in [1.165, 1.54) is 0 Å². The van der Waals surface area contributed by atoms with E-state index >= 15 is 0 Å². The Kier molecular flexibility index (Phi) is 5.42. The molecule has 170 valence electrons. The first-order chi connectivity index (χ1) is 15.9. The van der Waals surface area contributed by atoms with Gasteiger partial charge in [-0.05, 0) is 48.2 Å². The van der Waals surface area contributed by atoms with Gasteiger partial charge < -0.3 is 9.64 Å². The van der Waals surface area contributed by atoms with Gasteiger partial charge in [0.2, 0.25) is 10.0 Å². The van der Waals surface area contributed by atoms with Gasteiger partial charge in [0, 0.05) is 32.0 Å². The molecule has 33 heavy (non-hydrogen) atoms. The predicted octanol–water partition coefficient (Wildman–Crippen LogP) is 3.10. The minimum atomic E-state index is -3.71. The standard InChI is InChI=1S/C25H25N3O4S/c1-19-7-2-4-10-22(19)32-17-24(29)27-14-12-25(18-27)21-9-3-5-11-23(21)33(30,31)28(25)16-20-8-6-13-26-15-20/h2-11,13,15H,12,14,16-18H2,1H3. The van der Waals surface area contributed by atoms with Crippen LogP contribution in [0.25, 0.3) is 0 Å². The lowest BCUT2D eigenvalue weighted by atomic mass is 9.88. The van der Waals surface area contributed by atoms with Gasteiger partial charge in [-0.3, -0.25) is 9.78 Å². The molecule has 2 aliphatic rings. The fourth-order valence-corrected chi connectivity index (χ4v) is 6.88. The SMILES string of the molecule is Cc1ccccc1OCC(=O)N1CCC2(C1)c1ccccc1S(=O)(=O)N2Cc1cccnc1. The van der Waals surface area contributed by atoms with Gasteiger partial charge in [-0.25, -0.2) is 8.42 Å². The summed E-state index contributed by atoms with van der Waals surface area (Å²) in [6.07, 6.45) is 3.87. The molecular weight excluding hydrogens is 438 g/mol. The van der Waals surface area contributed by atoms with E-state index in [1.807, 2.05) is 49.4 Å². The number of aromatic nitrogens is 1. The number of sulfonamides is 1. The van der Waals surface area contributed by atoms with E-state index in [9.17, 15) is 13.2 Å². The first-order valence-corrected chi connectivity index (χ1v) is 12.3. The van der Waals surface area contributed by atoms with Crippen molar-refractivity contribution < 1.29 is 17.9 Å². The lowest BCUT2D eigenvalue weighted by molar-refractivity contribution is -0.132. The van der Waals surface area contributed by atoms with Crippen LogP contribution < -0.4 is 4.74 Å². The van der Waals surface area contributed by atoms with Crippen LogP contribution in [0, 0.1) is 6.92 Å². The first kappa shape index (κ1) is 21.6. The highest BCUT2D eigenvalue weighted by Gasteiger charge is 2.57. The zero-order valence-electron chi connectivity index (χ0n) is 18.3. The number of nitrogens with zero attached hydrogens (tertiary/aromatic N) is 3. The largest absolute Gasteiger partial charge is 0.484 e. The molecule has 0 N–H and O–H groups in total. The molecule has 8 heteroatoms. The second kappa shape index (κ2) is 8.28.